The Hall–Kier alpha value is -4.21. The molecule has 4 aromatic rings. The summed E-state index contributed by atoms with van der Waals surface area (Å²) < 4.78 is 0. The molecule has 0 saturated carbocycles. The number of nitrogens with zero attached hydrogens (tertiary/aromatic N) is 4. The fourth-order valence-electron chi connectivity index (χ4n) is 11.3. The van der Waals surface area contributed by atoms with Crippen molar-refractivity contribution in [2.75, 3.05) is 0 Å². The van der Waals surface area contributed by atoms with Gasteiger partial charge in [-0.15, -0.1) is 11.4 Å². The first-order chi connectivity index (χ1) is 30.4. The van der Waals surface area contributed by atoms with Gasteiger partial charge in [0.1, 0.15) is 0 Å². The van der Waals surface area contributed by atoms with Crippen molar-refractivity contribution < 1.29 is 16.5 Å². The normalized spacial score (nSPS) is 19.8. The van der Waals surface area contributed by atoms with Gasteiger partial charge in [-0.1, -0.05) is 191 Å². The smallest absolute Gasteiger partial charge is 0.660 e. The largest absolute Gasteiger partial charge is 2.00 e. The second kappa shape index (κ2) is 22.1. The Bertz CT molecular complexity index is 2250. The second-order valence-electron chi connectivity index (χ2n) is 17.6. The summed E-state index contributed by atoms with van der Waals surface area (Å²) in [5, 5.41) is 0. The van der Waals surface area contributed by atoms with Crippen LogP contribution >= 0.6 is 0 Å². The maximum Gasteiger partial charge on any atom is 2.00 e. The summed E-state index contributed by atoms with van der Waals surface area (Å²) in [4.78, 5) is 24.0. The van der Waals surface area contributed by atoms with Crippen LogP contribution in [0.1, 0.15) is 208 Å². The molecule has 8 bridgehead atoms. The molecule has 5 heterocycles. The van der Waals surface area contributed by atoms with Gasteiger partial charge in [-0.3, -0.25) is 9.98 Å². The molecule has 336 valence electrons. The fourth-order valence-corrected chi connectivity index (χ4v) is 11.3. The number of aromatic nitrogens is 2. The topological polar surface area (TPSA) is 52.9 Å². The number of hydrogen-bond donors (Lipinski definition) is 0. The standard InChI is InChI=1S/C58H74N4.Ni/c1-11-21-23-30-36-48-53-41(15-5)45(19-9)57(61-53)49(37-31-26-24-27-32-37)55-43(17-7)39(13-3)51(59-55)47(35-22-12-2)52-40(14-4)44(18-8)56(60-52)50(38-33-28-25-29-34-38)58-46(20-10)42(16-6)54(48)62-58;/h24-29,31-34,47-48H,11-23,30,35-36H2,1-10H3;/q-2;+2/b55-49-,56-50-;. The summed E-state index contributed by atoms with van der Waals surface area (Å²) in [7, 11) is 0. The van der Waals surface area contributed by atoms with Crippen LogP contribution in [0.15, 0.2) is 104 Å². The third-order valence-corrected chi connectivity index (χ3v) is 14.2. The van der Waals surface area contributed by atoms with Crippen LogP contribution in [0, 0.1) is 5.92 Å². The Morgan fingerprint density at radius 1 is 0.413 bits per heavy atom. The van der Waals surface area contributed by atoms with Gasteiger partial charge in [-0.25, -0.2) is 0 Å². The molecular formula is C58H74N4Ni. The van der Waals surface area contributed by atoms with E-state index in [1.54, 1.807) is 0 Å². The molecule has 0 N–H and O–H groups in total. The number of unbranched alkanes of at least 4 members (excludes halogenated alkanes) is 4. The summed E-state index contributed by atoms with van der Waals surface area (Å²) in [6.07, 6.45) is 16.6. The maximum absolute atomic E-state index is 6.02. The van der Waals surface area contributed by atoms with Gasteiger partial charge >= 0.3 is 16.5 Å². The Balaban J connectivity index is 0.00000661. The number of rotatable bonds is 18. The van der Waals surface area contributed by atoms with Gasteiger partial charge in [0.15, 0.2) is 0 Å². The van der Waals surface area contributed by atoms with Crippen molar-refractivity contribution in [1.82, 2.24) is 9.97 Å². The van der Waals surface area contributed by atoms with Gasteiger partial charge < -0.3 is 9.97 Å². The van der Waals surface area contributed by atoms with Crippen LogP contribution in [0.3, 0.4) is 0 Å². The van der Waals surface area contributed by atoms with E-state index in [2.05, 4.69) is 130 Å². The van der Waals surface area contributed by atoms with Gasteiger partial charge in [0.05, 0.1) is 22.8 Å². The molecule has 5 heteroatoms. The van der Waals surface area contributed by atoms with Gasteiger partial charge in [-0.2, -0.15) is 11.4 Å². The molecule has 4 nitrogen and oxygen atoms in total. The van der Waals surface area contributed by atoms with Crippen LogP contribution in [0.2, 0.25) is 0 Å². The first kappa shape index (κ1) is 48.3. The average Bonchev–Trinajstić information content (AvgIpc) is 4.07. The van der Waals surface area contributed by atoms with Crippen LogP contribution in [-0.4, -0.2) is 11.4 Å². The minimum atomic E-state index is 0. The molecule has 3 aliphatic heterocycles. The Morgan fingerprint density at radius 3 is 1.17 bits per heavy atom. The zero-order valence-electron chi connectivity index (χ0n) is 40.3. The number of allylic oxidation sites excluding steroid dienone is 4. The van der Waals surface area contributed by atoms with Crippen LogP contribution in [0.4, 0.5) is 0 Å². The first-order valence-corrected chi connectivity index (χ1v) is 25.0. The molecular weight excluding hydrogens is 811 g/mol. The third kappa shape index (κ3) is 8.95. The first-order valence-electron chi connectivity index (χ1n) is 25.0. The molecule has 3 aliphatic rings. The van der Waals surface area contributed by atoms with E-state index in [9.17, 15) is 0 Å². The SMILES string of the molecule is CCCCCCC1c2[n-]c(c(CC)c2CC)/C(c2ccccc2)=C2\N=C(C(CC)=C2CC)C(CCCC)C2=N/C(=C(/c3ccccc3)c3[n-]c1c(CC)c3CC)C(CC)=C2CC.[Ni+2]. The van der Waals surface area contributed by atoms with Gasteiger partial charge in [0, 0.05) is 5.92 Å². The minimum Gasteiger partial charge on any atom is -0.660 e. The van der Waals surface area contributed by atoms with E-state index in [4.69, 9.17) is 20.0 Å². The summed E-state index contributed by atoms with van der Waals surface area (Å²) in [6.45, 7) is 23.4. The molecule has 0 saturated heterocycles. The van der Waals surface area contributed by atoms with E-state index >= 15 is 0 Å². The molecule has 0 amide bonds. The van der Waals surface area contributed by atoms with Crippen molar-refractivity contribution in [3.8, 4) is 0 Å². The second-order valence-corrected chi connectivity index (χ2v) is 17.6. The minimum absolute atomic E-state index is 0. The van der Waals surface area contributed by atoms with Crippen molar-refractivity contribution in [2.45, 2.75) is 178 Å². The fraction of sp³-hybridized carbons (Fsp3) is 0.483. The van der Waals surface area contributed by atoms with Crippen molar-refractivity contribution >= 4 is 22.6 Å². The Labute approximate surface area is 391 Å². The average molecular weight is 886 g/mol. The molecule has 0 atom stereocenters. The molecule has 63 heavy (non-hydrogen) atoms. The van der Waals surface area contributed by atoms with Crippen molar-refractivity contribution in [1.29, 1.82) is 0 Å². The predicted octanol–water partition coefficient (Wildman–Crippen LogP) is 15.4. The van der Waals surface area contributed by atoms with E-state index in [1.807, 2.05) is 0 Å². The van der Waals surface area contributed by atoms with Crippen LogP contribution in [0.5, 0.6) is 0 Å². The Morgan fingerprint density at radius 2 is 0.810 bits per heavy atom. The van der Waals surface area contributed by atoms with Crippen molar-refractivity contribution in [3.63, 3.8) is 0 Å². The van der Waals surface area contributed by atoms with Crippen molar-refractivity contribution in [3.05, 3.63) is 151 Å². The zero-order valence-corrected chi connectivity index (χ0v) is 41.3. The van der Waals surface area contributed by atoms with Crippen LogP contribution in [-0.2, 0) is 42.2 Å². The number of hydrogen-bond acceptors (Lipinski definition) is 2. The van der Waals surface area contributed by atoms with Crippen LogP contribution < -0.4 is 9.97 Å². The Kier molecular flexibility index (Phi) is 16.9. The zero-order chi connectivity index (χ0) is 43.9. The van der Waals surface area contributed by atoms with Gasteiger partial charge in [0.2, 0.25) is 0 Å². The van der Waals surface area contributed by atoms with Crippen LogP contribution in [0.25, 0.3) is 11.1 Å². The number of aliphatic imine (C=N–C) groups is 2. The molecule has 0 radical (unpaired) electrons. The predicted molar refractivity (Wildman–Crippen MR) is 266 cm³/mol. The van der Waals surface area contributed by atoms with E-state index in [1.165, 1.54) is 109 Å². The molecule has 0 unspecified atom stereocenters. The quantitative estimate of drug-likeness (QED) is 0.0738. The van der Waals surface area contributed by atoms with E-state index in [0.717, 1.165) is 106 Å². The van der Waals surface area contributed by atoms with E-state index < -0.39 is 0 Å². The molecule has 2 aromatic carbocycles. The molecule has 0 aliphatic carbocycles. The number of benzene rings is 2. The van der Waals surface area contributed by atoms with Gasteiger partial charge in [-0.05, 0) is 115 Å². The molecule has 2 aromatic heterocycles. The van der Waals surface area contributed by atoms with Crippen molar-refractivity contribution in [2.24, 2.45) is 15.9 Å². The molecule has 7 rings (SSSR count). The summed E-state index contributed by atoms with van der Waals surface area (Å²) in [5.41, 5.74) is 25.5. The maximum atomic E-state index is 6.02. The third-order valence-electron chi connectivity index (χ3n) is 14.2. The molecule has 0 spiro atoms. The van der Waals surface area contributed by atoms with Gasteiger partial charge in [0.25, 0.3) is 0 Å². The summed E-state index contributed by atoms with van der Waals surface area (Å²) in [5.74, 6) is 0.183. The number of fused-ring (bicyclic) bond motifs is 6. The summed E-state index contributed by atoms with van der Waals surface area (Å²) in [6, 6.07) is 22.3. The molecule has 0 fully saturated rings. The van der Waals surface area contributed by atoms with E-state index in [0.29, 0.717) is 0 Å². The summed E-state index contributed by atoms with van der Waals surface area (Å²) >= 11 is 0. The monoisotopic (exact) mass is 885 g/mol. The van der Waals surface area contributed by atoms with E-state index in [-0.39, 0.29) is 28.3 Å².